The Morgan fingerprint density at radius 2 is 2.11 bits per heavy atom. The third-order valence-electron chi connectivity index (χ3n) is 4.54. The van der Waals surface area contributed by atoms with Gasteiger partial charge in [-0.25, -0.2) is 13.1 Å². The number of methoxy groups -OCH3 is 2. The molecule has 1 N–H and O–H groups in total. The van der Waals surface area contributed by atoms with E-state index < -0.39 is 21.3 Å². The summed E-state index contributed by atoms with van der Waals surface area (Å²) in [6.07, 6.45) is 3.27. The molecule has 1 aliphatic rings. The van der Waals surface area contributed by atoms with Crippen molar-refractivity contribution in [2.24, 2.45) is 0 Å². The first-order valence-corrected chi connectivity index (χ1v) is 9.96. The number of nitrogens with zero attached hydrogens (tertiary/aromatic N) is 2. The molecule has 9 heteroatoms. The maximum absolute atomic E-state index is 13.0. The Bertz CT molecular complexity index is 876. The Morgan fingerprint density at radius 1 is 1.30 bits per heavy atom. The quantitative estimate of drug-likeness (QED) is 0.762. The number of aromatic nitrogens is 1. The molecule has 0 spiro atoms. The summed E-state index contributed by atoms with van der Waals surface area (Å²) in [4.78, 5) is 9.54. The second kappa shape index (κ2) is 8.22. The first kappa shape index (κ1) is 19.6. The first-order chi connectivity index (χ1) is 13.0. The largest absolute Gasteiger partial charge is 0.497 e. The summed E-state index contributed by atoms with van der Waals surface area (Å²) in [5.74, 6) is 1.18. The van der Waals surface area contributed by atoms with Gasteiger partial charge in [0.15, 0.2) is 0 Å². The minimum atomic E-state index is -3.66. The van der Waals surface area contributed by atoms with Crippen molar-refractivity contribution in [2.45, 2.75) is 17.8 Å². The summed E-state index contributed by atoms with van der Waals surface area (Å²) in [6, 6.07) is 8.37. The van der Waals surface area contributed by atoms with Gasteiger partial charge < -0.3 is 9.47 Å². The van der Waals surface area contributed by atoms with E-state index in [0.717, 1.165) is 11.1 Å². The molecule has 8 nitrogen and oxygen atoms in total. The van der Waals surface area contributed by atoms with Crippen molar-refractivity contribution in [1.82, 2.24) is 14.8 Å². The lowest BCUT2D eigenvalue weighted by atomic mass is 10.0. The first-order valence-electron chi connectivity index (χ1n) is 8.41. The van der Waals surface area contributed by atoms with Crippen LogP contribution in [0.15, 0.2) is 42.7 Å². The van der Waals surface area contributed by atoms with Crippen LogP contribution < -0.4 is 14.2 Å². The lowest BCUT2D eigenvalue weighted by Gasteiger charge is -2.25. The van der Waals surface area contributed by atoms with Crippen molar-refractivity contribution in [3.05, 3.63) is 53.9 Å². The van der Waals surface area contributed by atoms with Crippen LogP contribution in [-0.2, 0) is 21.4 Å². The van der Waals surface area contributed by atoms with Gasteiger partial charge in [0, 0.05) is 37.6 Å². The Labute approximate surface area is 159 Å². The Morgan fingerprint density at radius 3 is 2.78 bits per heavy atom. The minimum absolute atomic E-state index is 0.0543. The molecule has 27 heavy (non-hydrogen) atoms. The maximum Gasteiger partial charge on any atom is 0.219 e. The average molecular weight is 393 g/mol. The molecule has 146 valence electrons. The van der Waals surface area contributed by atoms with Gasteiger partial charge in [0.2, 0.25) is 10.0 Å². The molecule has 0 radical (unpaired) electrons. The normalized spacial score (nSPS) is 20.6. The number of hydroxylamine groups is 2. The minimum Gasteiger partial charge on any atom is -0.497 e. The van der Waals surface area contributed by atoms with Gasteiger partial charge in [0.1, 0.15) is 16.7 Å². The third kappa shape index (κ3) is 4.22. The molecular formula is C18H23N3O5S. The number of ether oxygens (including phenoxy) is 2. The van der Waals surface area contributed by atoms with Crippen LogP contribution in [0.4, 0.5) is 0 Å². The van der Waals surface area contributed by atoms with Crippen molar-refractivity contribution >= 4 is 10.0 Å². The second-order valence-electron chi connectivity index (χ2n) is 6.16. The fourth-order valence-corrected chi connectivity index (χ4v) is 4.59. The van der Waals surface area contributed by atoms with Crippen LogP contribution in [0.2, 0.25) is 0 Å². The Hall–Kier alpha value is -2.20. The van der Waals surface area contributed by atoms with Gasteiger partial charge in [0.05, 0.1) is 26.9 Å². The van der Waals surface area contributed by atoms with E-state index in [1.54, 1.807) is 55.9 Å². The standard InChI is InChI=1S/C18H23N3O5S/c1-21-18(15-7-6-14(24-2)9-16(15)25-3)17(12-26-21)27(22,23)20-11-13-5-4-8-19-10-13/h4-10,17-18,20H,11-12H2,1-3H3. The smallest absolute Gasteiger partial charge is 0.219 e. The zero-order valence-electron chi connectivity index (χ0n) is 15.5. The second-order valence-corrected chi connectivity index (χ2v) is 8.14. The molecule has 0 saturated carbocycles. The predicted molar refractivity (Wildman–Crippen MR) is 99.8 cm³/mol. The van der Waals surface area contributed by atoms with Gasteiger partial charge in [0.25, 0.3) is 0 Å². The van der Waals surface area contributed by atoms with E-state index in [1.165, 1.54) is 7.11 Å². The number of hydrogen-bond donors (Lipinski definition) is 1. The monoisotopic (exact) mass is 393 g/mol. The summed E-state index contributed by atoms with van der Waals surface area (Å²) < 4.78 is 39.2. The summed E-state index contributed by atoms with van der Waals surface area (Å²) in [7, 11) is 1.16. The van der Waals surface area contributed by atoms with Crippen molar-refractivity contribution in [3.63, 3.8) is 0 Å². The highest BCUT2D eigenvalue weighted by molar-refractivity contribution is 7.90. The number of hydrogen-bond acceptors (Lipinski definition) is 7. The van der Waals surface area contributed by atoms with Crippen LogP contribution in [0.25, 0.3) is 0 Å². The van der Waals surface area contributed by atoms with Gasteiger partial charge in [-0.1, -0.05) is 6.07 Å². The molecule has 2 unspecified atom stereocenters. The topological polar surface area (TPSA) is 90.0 Å². The van der Waals surface area contributed by atoms with E-state index in [1.807, 2.05) is 6.07 Å². The van der Waals surface area contributed by atoms with Crippen LogP contribution in [-0.4, -0.2) is 51.6 Å². The van der Waals surface area contributed by atoms with Gasteiger partial charge in [-0.15, -0.1) is 0 Å². The van der Waals surface area contributed by atoms with Crippen LogP contribution in [0.5, 0.6) is 11.5 Å². The molecule has 0 aliphatic carbocycles. The fraction of sp³-hybridized carbons (Fsp3) is 0.389. The number of sulfonamides is 1. The van der Waals surface area contributed by atoms with Crippen molar-refractivity contribution in [1.29, 1.82) is 0 Å². The van der Waals surface area contributed by atoms with E-state index in [-0.39, 0.29) is 13.2 Å². The highest BCUT2D eigenvalue weighted by atomic mass is 32.2. The lowest BCUT2D eigenvalue weighted by molar-refractivity contribution is -0.110. The molecule has 1 aromatic carbocycles. The van der Waals surface area contributed by atoms with E-state index in [9.17, 15) is 8.42 Å². The van der Waals surface area contributed by atoms with E-state index in [0.29, 0.717) is 11.5 Å². The number of nitrogens with one attached hydrogen (secondary N) is 1. The number of benzene rings is 1. The average Bonchev–Trinajstić information content (AvgIpc) is 3.09. The maximum atomic E-state index is 13.0. The molecule has 2 heterocycles. The molecule has 1 aliphatic heterocycles. The van der Waals surface area contributed by atoms with Crippen molar-refractivity contribution < 1.29 is 22.7 Å². The molecule has 0 bridgehead atoms. The zero-order valence-corrected chi connectivity index (χ0v) is 16.3. The van der Waals surface area contributed by atoms with Crippen LogP contribution >= 0.6 is 0 Å². The van der Waals surface area contributed by atoms with Gasteiger partial charge in [-0.3, -0.25) is 9.82 Å². The van der Waals surface area contributed by atoms with Crippen molar-refractivity contribution in [3.8, 4) is 11.5 Å². The third-order valence-corrected chi connectivity index (χ3v) is 6.28. The Balaban J connectivity index is 1.86. The highest BCUT2D eigenvalue weighted by Gasteiger charge is 2.44. The summed E-state index contributed by atoms with van der Waals surface area (Å²) in [6.45, 7) is 0.224. The summed E-state index contributed by atoms with van der Waals surface area (Å²) >= 11 is 0. The molecule has 3 rings (SSSR count). The molecular weight excluding hydrogens is 370 g/mol. The lowest BCUT2D eigenvalue weighted by Crippen LogP contribution is -2.39. The number of pyridine rings is 1. The zero-order chi connectivity index (χ0) is 19.4. The summed E-state index contributed by atoms with van der Waals surface area (Å²) in [5.41, 5.74) is 1.50. The highest BCUT2D eigenvalue weighted by Crippen LogP contribution is 2.39. The van der Waals surface area contributed by atoms with Crippen LogP contribution in [0, 0.1) is 0 Å². The van der Waals surface area contributed by atoms with E-state index in [4.69, 9.17) is 14.3 Å². The van der Waals surface area contributed by atoms with E-state index >= 15 is 0 Å². The van der Waals surface area contributed by atoms with Gasteiger partial charge in [-0.2, -0.15) is 5.06 Å². The van der Waals surface area contributed by atoms with Crippen LogP contribution in [0.1, 0.15) is 17.2 Å². The summed E-state index contributed by atoms with van der Waals surface area (Å²) in [5, 5.41) is 0.764. The molecule has 2 aromatic rings. The molecule has 1 aromatic heterocycles. The van der Waals surface area contributed by atoms with Crippen molar-refractivity contribution in [2.75, 3.05) is 27.9 Å². The SMILES string of the molecule is COc1ccc(C2C(S(=O)(=O)NCc3cccnc3)CON2C)c(OC)c1. The molecule has 0 amide bonds. The Kier molecular flexibility index (Phi) is 5.95. The molecule has 2 atom stereocenters. The molecule has 1 saturated heterocycles. The van der Waals surface area contributed by atoms with Gasteiger partial charge in [-0.05, 0) is 23.8 Å². The predicted octanol–water partition coefficient (Wildman–Crippen LogP) is 1.51. The van der Waals surface area contributed by atoms with Gasteiger partial charge >= 0.3 is 0 Å². The van der Waals surface area contributed by atoms with E-state index in [2.05, 4.69) is 9.71 Å². The molecule has 1 fully saturated rings. The van der Waals surface area contributed by atoms with Crippen LogP contribution in [0.3, 0.4) is 0 Å². The number of rotatable bonds is 7. The fourth-order valence-electron chi connectivity index (χ4n) is 3.11.